The van der Waals surface area contributed by atoms with Gasteiger partial charge in [0.15, 0.2) is 9.84 Å². The van der Waals surface area contributed by atoms with Crippen molar-refractivity contribution < 1.29 is 8.42 Å². The minimum Gasteiger partial charge on any atom is -0.327 e. The lowest BCUT2D eigenvalue weighted by Crippen LogP contribution is -2.43. The molecule has 0 radical (unpaired) electrons. The molecule has 1 aromatic carbocycles. The first kappa shape index (κ1) is 12.6. The van der Waals surface area contributed by atoms with Gasteiger partial charge in [0, 0.05) is 6.04 Å². The van der Waals surface area contributed by atoms with Gasteiger partial charge in [0.1, 0.15) is 0 Å². The average molecular weight is 253 g/mol. The fourth-order valence-electron chi connectivity index (χ4n) is 2.48. The Kier molecular flexibility index (Phi) is 3.84. The molecule has 2 unspecified atom stereocenters. The predicted molar refractivity (Wildman–Crippen MR) is 69.3 cm³/mol. The van der Waals surface area contributed by atoms with E-state index in [1.54, 1.807) is 0 Å². The highest BCUT2D eigenvalue weighted by Gasteiger charge is 2.33. The van der Waals surface area contributed by atoms with Crippen LogP contribution in [0.25, 0.3) is 0 Å². The van der Waals surface area contributed by atoms with Crippen molar-refractivity contribution in [2.45, 2.75) is 42.7 Å². The van der Waals surface area contributed by atoms with Gasteiger partial charge in [-0.15, -0.1) is 0 Å². The van der Waals surface area contributed by atoms with Gasteiger partial charge in [-0.05, 0) is 18.4 Å². The van der Waals surface area contributed by atoms with Gasteiger partial charge >= 0.3 is 0 Å². The van der Waals surface area contributed by atoms with E-state index in [4.69, 9.17) is 5.73 Å². The van der Waals surface area contributed by atoms with Crippen LogP contribution in [0.1, 0.15) is 31.2 Å². The summed E-state index contributed by atoms with van der Waals surface area (Å²) in [7, 11) is -3.11. The van der Waals surface area contributed by atoms with Crippen molar-refractivity contribution in [2.75, 3.05) is 0 Å². The van der Waals surface area contributed by atoms with E-state index in [-0.39, 0.29) is 17.0 Å². The number of rotatable bonds is 3. The molecule has 0 aromatic heterocycles. The maximum absolute atomic E-state index is 12.3. The average Bonchev–Trinajstić information content (AvgIpc) is 2.30. The van der Waals surface area contributed by atoms with Crippen molar-refractivity contribution in [1.82, 2.24) is 0 Å². The van der Waals surface area contributed by atoms with Crippen molar-refractivity contribution in [3.63, 3.8) is 0 Å². The van der Waals surface area contributed by atoms with Crippen molar-refractivity contribution in [3.8, 4) is 0 Å². The molecule has 94 valence electrons. The van der Waals surface area contributed by atoms with Crippen LogP contribution in [-0.2, 0) is 15.6 Å². The number of sulfone groups is 1. The smallest absolute Gasteiger partial charge is 0.158 e. The number of hydrogen-bond acceptors (Lipinski definition) is 3. The second-order valence-electron chi connectivity index (χ2n) is 4.78. The quantitative estimate of drug-likeness (QED) is 0.894. The van der Waals surface area contributed by atoms with Crippen LogP contribution in [0.4, 0.5) is 0 Å². The molecule has 1 fully saturated rings. The van der Waals surface area contributed by atoms with E-state index in [2.05, 4.69) is 0 Å². The Bertz CT molecular complexity index is 456. The summed E-state index contributed by atoms with van der Waals surface area (Å²) in [6.07, 6.45) is 3.58. The van der Waals surface area contributed by atoms with Gasteiger partial charge in [-0.25, -0.2) is 8.42 Å². The highest BCUT2D eigenvalue weighted by Crippen LogP contribution is 2.25. The molecule has 0 aliphatic heterocycles. The fraction of sp³-hybridized carbons (Fsp3) is 0.538. The molecule has 0 bridgehead atoms. The molecule has 0 saturated heterocycles. The third-order valence-electron chi connectivity index (χ3n) is 3.43. The summed E-state index contributed by atoms with van der Waals surface area (Å²) in [5.41, 5.74) is 6.79. The van der Waals surface area contributed by atoms with E-state index in [0.717, 1.165) is 31.2 Å². The lowest BCUT2D eigenvalue weighted by atomic mass is 9.96. The normalized spacial score (nSPS) is 25.7. The van der Waals surface area contributed by atoms with Gasteiger partial charge < -0.3 is 5.73 Å². The molecule has 0 spiro atoms. The van der Waals surface area contributed by atoms with Crippen molar-refractivity contribution in [3.05, 3.63) is 35.9 Å². The lowest BCUT2D eigenvalue weighted by molar-refractivity contribution is 0.431. The summed E-state index contributed by atoms with van der Waals surface area (Å²) in [5, 5.41) is -0.351. The molecule has 1 aliphatic carbocycles. The highest BCUT2D eigenvalue weighted by atomic mass is 32.2. The molecule has 2 rings (SSSR count). The summed E-state index contributed by atoms with van der Waals surface area (Å²) in [6.45, 7) is 0. The largest absolute Gasteiger partial charge is 0.327 e. The van der Waals surface area contributed by atoms with Gasteiger partial charge in [-0.1, -0.05) is 43.2 Å². The molecule has 4 heteroatoms. The number of hydrogen-bond donors (Lipinski definition) is 1. The van der Waals surface area contributed by atoms with E-state index >= 15 is 0 Å². The molecule has 1 aliphatic rings. The first-order valence-electron chi connectivity index (χ1n) is 6.11. The fourth-order valence-corrected chi connectivity index (χ4v) is 4.55. The van der Waals surface area contributed by atoms with Crippen LogP contribution in [0.5, 0.6) is 0 Å². The molecule has 2 N–H and O–H groups in total. The molecule has 0 heterocycles. The summed E-state index contributed by atoms with van der Waals surface area (Å²) in [4.78, 5) is 0. The van der Waals surface area contributed by atoms with E-state index < -0.39 is 9.84 Å². The van der Waals surface area contributed by atoms with Crippen LogP contribution < -0.4 is 5.73 Å². The summed E-state index contributed by atoms with van der Waals surface area (Å²) in [5.74, 6) is 0.117. The lowest BCUT2D eigenvalue weighted by Gasteiger charge is -2.28. The van der Waals surface area contributed by atoms with Gasteiger partial charge in [-0.2, -0.15) is 0 Å². The van der Waals surface area contributed by atoms with E-state index in [1.807, 2.05) is 30.3 Å². The van der Waals surface area contributed by atoms with Crippen molar-refractivity contribution in [2.24, 2.45) is 5.73 Å². The molecule has 3 nitrogen and oxygen atoms in total. The molecular weight excluding hydrogens is 234 g/mol. The molecule has 0 amide bonds. The van der Waals surface area contributed by atoms with Gasteiger partial charge in [-0.3, -0.25) is 0 Å². The minimum absolute atomic E-state index is 0.117. The maximum Gasteiger partial charge on any atom is 0.158 e. The Balaban J connectivity index is 2.13. The van der Waals surface area contributed by atoms with E-state index in [0.29, 0.717) is 0 Å². The molecule has 1 saturated carbocycles. The first-order chi connectivity index (χ1) is 8.09. The van der Waals surface area contributed by atoms with Crippen LogP contribution in [0.3, 0.4) is 0 Å². The molecular formula is C13H19NO2S. The second kappa shape index (κ2) is 5.19. The Morgan fingerprint density at radius 2 is 1.76 bits per heavy atom. The van der Waals surface area contributed by atoms with Crippen LogP contribution >= 0.6 is 0 Å². The SMILES string of the molecule is NC1CCCCC1S(=O)(=O)Cc1ccccc1. The summed E-state index contributed by atoms with van der Waals surface area (Å²) < 4.78 is 24.6. The zero-order valence-electron chi connectivity index (χ0n) is 9.88. The van der Waals surface area contributed by atoms with Crippen LogP contribution in [0.15, 0.2) is 30.3 Å². The Labute approximate surface area is 103 Å². The van der Waals surface area contributed by atoms with E-state index in [1.165, 1.54) is 0 Å². The Morgan fingerprint density at radius 3 is 2.41 bits per heavy atom. The monoisotopic (exact) mass is 253 g/mol. The third kappa shape index (κ3) is 3.07. The highest BCUT2D eigenvalue weighted by molar-refractivity contribution is 7.91. The predicted octanol–water partition coefficient (Wildman–Crippen LogP) is 1.87. The summed E-state index contributed by atoms with van der Waals surface area (Å²) >= 11 is 0. The second-order valence-corrected chi connectivity index (χ2v) is 7.00. The van der Waals surface area contributed by atoms with Crippen LogP contribution in [0.2, 0.25) is 0 Å². The van der Waals surface area contributed by atoms with Crippen LogP contribution in [-0.4, -0.2) is 19.7 Å². The molecule has 17 heavy (non-hydrogen) atoms. The van der Waals surface area contributed by atoms with Crippen molar-refractivity contribution in [1.29, 1.82) is 0 Å². The van der Waals surface area contributed by atoms with Crippen LogP contribution in [0, 0.1) is 0 Å². The molecule has 1 aromatic rings. The Hall–Kier alpha value is -0.870. The summed E-state index contributed by atoms with van der Waals surface area (Å²) in [6, 6.07) is 9.15. The van der Waals surface area contributed by atoms with Gasteiger partial charge in [0.25, 0.3) is 0 Å². The van der Waals surface area contributed by atoms with Gasteiger partial charge in [0.2, 0.25) is 0 Å². The third-order valence-corrected chi connectivity index (χ3v) is 5.67. The zero-order chi connectivity index (χ0) is 12.3. The first-order valence-corrected chi connectivity index (χ1v) is 7.82. The van der Waals surface area contributed by atoms with Crippen molar-refractivity contribution >= 4 is 9.84 Å². The zero-order valence-corrected chi connectivity index (χ0v) is 10.7. The topological polar surface area (TPSA) is 60.2 Å². The Morgan fingerprint density at radius 1 is 1.12 bits per heavy atom. The maximum atomic E-state index is 12.3. The number of nitrogens with two attached hydrogens (primary N) is 1. The number of benzene rings is 1. The standard InChI is InChI=1S/C13H19NO2S/c14-12-8-4-5-9-13(12)17(15,16)10-11-6-2-1-3-7-11/h1-3,6-7,12-13H,4-5,8-10,14H2. The minimum atomic E-state index is -3.11. The van der Waals surface area contributed by atoms with E-state index in [9.17, 15) is 8.42 Å². The van der Waals surface area contributed by atoms with Gasteiger partial charge in [0.05, 0.1) is 11.0 Å². The molecule has 2 atom stereocenters.